The minimum absolute atomic E-state index is 0.237. The molecule has 0 fully saturated rings. The van der Waals surface area contributed by atoms with E-state index in [1.54, 1.807) is 0 Å². The van der Waals surface area contributed by atoms with Crippen LogP contribution in [0.1, 0.15) is 31.4 Å². The molecule has 2 nitrogen and oxygen atoms in total. The molecule has 0 spiro atoms. The van der Waals surface area contributed by atoms with Gasteiger partial charge in [0, 0.05) is 23.4 Å². The van der Waals surface area contributed by atoms with Crippen LogP contribution in [0.25, 0.3) is 10.9 Å². The lowest BCUT2D eigenvalue weighted by molar-refractivity contribution is -0.127. The molecule has 0 aliphatic carbocycles. The maximum atomic E-state index is 13.2. The Morgan fingerprint density at radius 2 is 1.73 bits per heavy atom. The van der Waals surface area contributed by atoms with Crippen LogP contribution in [-0.2, 0) is 17.6 Å². The largest absolute Gasteiger partial charge is 0.299 e. The average molecular weight is 343 g/mol. The highest BCUT2D eigenvalue weighted by atomic mass is 16.1. The molecule has 1 atom stereocenters. The third kappa shape index (κ3) is 4.26. The molecule has 0 aliphatic heterocycles. The van der Waals surface area contributed by atoms with Gasteiger partial charge in [-0.2, -0.15) is 0 Å². The van der Waals surface area contributed by atoms with Crippen molar-refractivity contribution in [1.29, 1.82) is 0 Å². The summed E-state index contributed by atoms with van der Waals surface area (Å²) >= 11 is 0. The Morgan fingerprint density at radius 1 is 1.04 bits per heavy atom. The van der Waals surface area contributed by atoms with E-state index in [0.29, 0.717) is 12.8 Å². The molecule has 0 bridgehead atoms. The predicted octanol–water partition coefficient (Wildman–Crippen LogP) is 5.56. The number of carbonyl (C=O) groups is 1. The molecule has 0 radical (unpaired) electrons. The van der Waals surface area contributed by atoms with Gasteiger partial charge in [0.1, 0.15) is 5.78 Å². The topological polar surface area (TPSA) is 30.0 Å². The lowest BCUT2D eigenvalue weighted by atomic mass is 9.73. The first kappa shape index (κ1) is 18.1. The van der Waals surface area contributed by atoms with E-state index in [1.165, 1.54) is 5.56 Å². The maximum Gasteiger partial charge on any atom is 0.143 e. The fourth-order valence-electron chi connectivity index (χ4n) is 3.58. The van der Waals surface area contributed by atoms with Crippen molar-refractivity contribution >= 4 is 16.7 Å². The van der Waals surface area contributed by atoms with Gasteiger partial charge in [-0.15, -0.1) is 6.58 Å². The lowest BCUT2D eigenvalue weighted by Gasteiger charge is -2.29. The Labute approximate surface area is 155 Å². The molecule has 3 rings (SSSR count). The van der Waals surface area contributed by atoms with Gasteiger partial charge < -0.3 is 0 Å². The number of para-hydroxylation sites is 1. The second kappa shape index (κ2) is 7.65. The van der Waals surface area contributed by atoms with Crippen LogP contribution in [0.4, 0.5) is 0 Å². The van der Waals surface area contributed by atoms with Crippen molar-refractivity contribution in [3.8, 4) is 0 Å². The molecule has 0 saturated heterocycles. The second-order valence-electron chi connectivity index (χ2n) is 7.49. The third-order valence-electron chi connectivity index (χ3n) is 4.81. The predicted molar refractivity (Wildman–Crippen MR) is 108 cm³/mol. The molecule has 2 aromatic carbocycles. The molecular weight excluding hydrogens is 318 g/mol. The number of aromatic nitrogens is 1. The monoisotopic (exact) mass is 343 g/mol. The summed E-state index contributed by atoms with van der Waals surface area (Å²) in [6, 6.07) is 20.3. The summed E-state index contributed by atoms with van der Waals surface area (Å²) in [5.74, 6) is 0.237. The van der Waals surface area contributed by atoms with E-state index < -0.39 is 5.41 Å². The smallest absolute Gasteiger partial charge is 0.143 e. The number of Topliss-reactive ketones (excluding diaryl/α,β-unsaturated/α-hetero) is 1. The fourth-order valence-corrected chi connectivity index (χ4v) is 3.58. The number of nitrogens with zero attached hydrogens (tertiary/aromatic N) is 1. The van der Waals surface area contributed by atoms with Crippen LogP contribution < -0.4 is 0 Å². The highest BCUT2D eigenvalue weighted by Gasteiger charge is 2.33. The highest BCUT2D eigenvalue weighted by molar-refractivity contribution is 5.88. The number of benzene rings is 2. The maximum absolute atomic E-state index is 13.2. The zero-order valence-corrected chi connectivity index (χ0v) is 15.5. The zero-order valence-electron chi connectivity index (χ0n) is 15.5. The van der Waals surface area contributed by atoms with Crippen molar-refractivity contribution in [2.24, 2.45) is 5.41 Å². The number of hydrogen-bond acceptors (Lipinski definition) is 2. The molecule has 1 aromatic heterocycles. The minimum atomic E-state index is -0.459. The summed E-state index contributed by atoms with van der Waals surface area (Å²) in [5.41, 5.74) is 3.68. The second-order valence-corrected chi connectivity index (χ2v) is 7.49. The lowest BCUT2D eigenvalue weighted by Crippen LogP contribution is -2.32. The van der Waals surface area contributed by atoms with Crippen molar-refractivity contribution in [2.75, 3.05) is 0 Å². The molecule has 2 heteroatoms. The van der Waals surface area contributed by atoms with Gasteiger partial charge in [0.05, 0.1) is 5.52 Å². The summed E-state index contributed by atoms with van der Waals surface area (Å²) in [6.07, 6.45) is 3.64. The molecular formula is C24H25NO. The quantitative estimate of drug-likeness (QED) is 0.526. The number of fused-ring (bicyclic) bond motifs is 1. The Morgan fingerprint density at radius 3 is 2.46 bits per heavy atom. The van der Waals surface area contributed by atoms with Gasteiger partial charge in [-0.3, -0.25) is 9.78 Å². The van der Waals surface area contributed by atoms with Crippen LogP contribution in [-0.4, -0.2) is 10.8 Å². The molecule has 26 heavy (non-hydrogen) atoms. The SMILES string of the molecule is C=C(C)CC(C)(Cc1ccccc1)C(=O)Cc1cnc2ccccc2c1. The van der Waals surface area contributed by atoms with Gasteiger partial charge in [0.15, 0.2) is 0 Å². The van der Waals surface area contributed by atoms with Crippen molar-refractivity contribution in [2.45, 2.75) is 33.1 Å². The third-order valence-corrected chi connectivity index (χ3v) is 4.81. The Hall–Kier alpha value is -2.74. The van der Waals surface area contributed by atoms with E-state index in [9.17, 15) is 4.79 Å². The first-order valence-electron chi connectivity index (χ1n) is 9.01. The van der Waals surface area contributed by atoms with Crippen molar-refractivity contribution in [3.63, 3.8) is 0 Å². The molecule has 1 unspecified atom stereocenters. The van der Waals surface area contributed by atoms with Crippen LogP contribution in [0, 0.1) is 5.41 Å². The summed E-state index contributed by atoms with van der Waals surface area (Å²) in [6.45, 7) is 8.10. The molecule has 1 heterocycles. The number of allylic oxidation sites excluding steroid dienone is 1. The number of carbonyl (C=O) groups excluding carboxylic acids is 1. The highest BCUT2D eigenvalue weighted by Crippen LogP contribution is 2.32. The van der Waals surface area contributed by atoms with E-state index >= 15 is 0 Å². The summed E-state index contributed by atoms with van der Waals surface area (Å²) < 4.78 is 0. The number of pyridine rings is 1. The Bertz CT molecular complexity index is 929. The van der Waals surface area contributed by atoms with Crippen molar-refractivity contribution in [1.82, 2.24) is 4.98 Å². The Kier molecular flexibility index (Phi) is 5.32. The molecule has 0 amide bonds. The van der Waals surface area contributed by atoms with E-state index in [4.69, 9.17) is 0 Å². The summed E-state index contributed by atoms with van der Waals surface area (Å²) in [5, 5.41) is 1.07. The van der Waals surface area contributed by atoms with Gasteiger partial charge in [0.2, 0.25) is 0 Å². The van der Waals surface area contributed by atoms with Crippen LogP contribution >= 0.6 is 0 Å². The Balaban J connectivity index is 1.85. The first-order valence-corrected chi connectivity index (χ1v) is 9.01. The molecule has 0 saturated carbocycles. The van der Waals surface area contributed by atoms with Gasteiger partial charge in [0.25, 0.3) is 0 Å². The van der Waals surface area contributed by atoms with Crippen LogP contribution in [0.2, 0.25) is 0 Å². The van der Waals surface area contributed by atoms with Gasteiger partial charge >= 0.3 is 0 Å². The van der Waals surface area contributed by atoms with Gasteiger partial charge in [-0.05, 0) is 43.0 Å². The van der Waals surface area contributed by atoms with Crippen molar-refractivity contribution < 1.29 is 4.79 Å². The van der Waals surface area contributed by atoms with E-state index in [1.807, 2.05) is 55.6 Å². The summed E-state index contributed by atoms with van der Waals surface area (Å²) in [7, 11) is 0. The van der Waals surface area contributed by atoms with E-state index in [0.717, 1.165) is 28.5 Å². The summed E-state index contributed by atoms with van der Waals surface area (Å²) in [4.78, 5) is 17.7. The van der Waals surface area contributed by atoms with Crippen molar-refractivity contribution in [3.05, 3.63) is 90.1 Å². The average Bonchev–Trinajstić information content (AvgIpc) is 2.61. The minimum Gasteiger partial charge on any atom is -0.299 e. The van der Waals surface area contributed by atoms with Crippen LogP contribution in [0.3, 0.4) is 0 Å². The number of ketones is 1. The number of rotatable bonds is 7. The van der Waals surface area contributed by atoms with Gasteiger partial charge in [-0.1, -0.05) is 61.0 Å². The normalized spacial score (nSPS) is 13.3. The molecule has 132 valence electrons. The molecule has 0 aliphatic rings. The molecule has 3 aromatic rings. The van der Waals surface area contributed by atoms with Crippen LogP contribution in [0.5, 0.6) is 0 Å². The first-order chi connectivity index (χ1) is 12.5. The number of hydrogen-bond donors (Lipinski definition) is 0. The van der Waals surface area contributed by atoms with E-state index in [2.05, 4.69) is 36.7 Å². The fraction of sp³-hybridized carbons (Fsp3) is 0.250. The van der Waals surface area contributed by atoms with Gasteiger partial charge in [-0.25, -0.2) is 0 Å². The standard InChI is InChI=1S/C24H25NO/c1-18(2)15-24(3,16-19-9-5-4-6-10-19)23(26)14-20-13-21-11-7-8-12-22(21)25-17-20/h4-13,17H,1,14-16H2,2-3H3. The van der Waals surface area contributed by atoms with E-state index in [-0.39, 0.29) is 5.78 Å². The molecule has 0 N–H and O–H groups in total. The zero-order chi connectivity index (χ0) is 18.6. The van der Waals surface area contributed by atoms with Crippen LogP contribution in [0.15, 0.2) is 79.0 Å².